The second-order valence-corrected chi connectivity index (χ2v) is 7.31. The van der Waals surface area contributed by atoms with E-state index in [1.165, 1.54) is 7.11 Å². The number of rotatable bonds is 8. The third kappa shape index (κ3) is 4.49. The maximum atomic E-state index is 10.2. The molecule has 3 heterocycles. The van der Waals surface area contributed by atoms with Crippen molar-refractivity contribution in [2.24, 2.45) is 0 Å². The predicted octanol–water partition coefficient (Wildman–Crippen LogP) is 1.90. The van der Waals surface area contributed by atoms with Gasteiger partial charge in [0, 0.05) is 45.5 Å². The number of aliphatic hydroxyl groups excluding tert-OH is 1. The molecule has 4 rings (SSSR count). The Morgan fingerprint density at radius 2 is 1.97 bits per heavy atom. The largest absolute Gasteiger partial charge is 0.497 e. The van der Waals surface area contributed by atoms with E-state index in [0.29, 0.717) is 19.8 Å². The summed E-state index contributed by atoms with van der Waals surface area (Å²) in [6, 6.07) is 7.79. The summed E-state index contributed by atoms with van der Waals surface area (Å²) < 4.78 is 23.4. The molecule has 1 unspecified atom stereocenters. The van der Waals surface area contributed by atoms with Gasteiger partial charge in [0.05, 0.1) is 44.0 Å². The third-order valence-corrected chi connectivity index (χ3v) is 5.37. The van der Waals surface area contributed by atoms with E-state index in [-0.39, 0.29) is 6.42 Å². The Labute approximate surface area is 181 Å². The van der Waals surface area contributed by atoms with Crippen LogP contribution in [0, 0.1) is 0 Å². The number of methoxy groups -OCH3 is 3. The monoisotopic (exact) mass is 428 g/mol. The molecular weight excluding hydrogens is 400 g/mol. The van der Waals surface area contributed by atoms with Crippen LogP contribution >= 0.6 is 0 Å². The quantitative estimate of drug-likeness (QED) is 0.544. The van der Waals surface area contributed by atoms with Gasteiger partial charge in [0.15, 0.2) is 17.8 Å². The van der Waals surface area contributed by atoms with Crippen molar-refractivity contribution in [2.75, 3.05) is 52.5 Å². The lowest BCUT2D eigenvalue weighted by atomic mass is 10.1. The second-order valence-electron chi connectivity index (χ2n) is 7.31. The lowest BCUT2D eigenvalue weighted by Gasteiger charge is -2.28. The molecule has 31 heavy (non-hydrogen) atoms. The highest BCUT2D eigenvalue weighted by Crippen LogP contribution is 2.30. The number of hydrogen-bond acceptors (Lipinski definition) is 8. The number of nitrogens with zero attached hydrogens (tertiary/aromatic N) is 4. The second kappa shape index (κ2) is 9.61. The lowest BCUT2D eigenvalue weighted by molar-refractivity contribution is -0.0729. The van der Waals surface area contributed by atoms with Crippen LogP contribution < -0.4 is 9.64 Å². The van der Waals surface area contributed by atoms with Gasteiger partial charge in [-0.3, -0.25) is 4.40 Å². The first kappa shape index (κ1) is 21.5. The summed E-state index contributed by atoms with van der Waals surface area (Å²) in [5.74, 6) is 1.53. The van der Waals surface area contributed by atoms with Crippen molar-refractivity contribution in [1.29, 1.82) is 0 Å². The molecule has 1 aromatic carbocycles. The molecule has 0 amide bonds. The van der Waals surface area contributed by atoms with Gasteiger partial charge in [-0.15, -0.1) is 0 Å². The van der Waals surface area contributed by atoms with Gasteiger partial charge >= 0.3 is 0 Å². The molecule has 0 spiro atoms. The number of anilines is 1. The average Bonchev–Trinajstić information content (AvgIpc) is 3.16. The van der Waals surface area contributed by atoms with E-state index in [1.807, 2.05) is 34.9 Å². The first-order valence-corrected chi connectivity index (χ1v) is 10.2. The summed E-state index contributed by atoms with van der Waals surface area (Å²) in [7, 11) is 4.75. The first-order valence-electron chi connectivity index (χ1n) is 10.2. The predicted molar refractivity (Wildman–Crippen MR) is 115 cm³/mol. The fourth-order valence-corrected chi connectivity index (χ4v) is 3.75. The van der Waals surface area contributed by atoms with Crippen molar-refractivity contribution in [3.63, 3.8) is 0 Å². The standard InChI is InChI=1S/C22H28N4O5/c1-28-14-18-19(12-20(27)30-3)26-13-17(15-5-4-6-16(11-15)29-2)23-21(22(26)24-18)25-7-9-31-10-8-25/h4-6,11,13,20,27H,7-10,12,14H2,1-3H3. The highest BCUT2D eigenvalue weighted by Gasteiger charge is 2.23. The Hall–Kier alpha value is -2.72. The number of imidazole rings is 1. The SMILES string of the molecule is COCc1nc2c(N3CCOCC3)nc(-c3cccc(OC)c3)cn2c1CC(O)OC. The van der Waals surface area contributed by atoms with Crippen LogP contribution in [0.4, 0.5) is 5.82 Å². The van der Waals surface area contributed by atoms with Gasteiger partial charge in [0.2, 0.25) is 0 Å². The normalized spacial score (nSPS) is 15.4. The van der Waals surface area contributed by atoms with Gasteiger partial charge in [0.25, 0.3) is 0 Å². The first-order chi connectivity index (χ1) is 15.1. The van der Waals surface area contributed by atoms with Crippen LogP contribution in [-0.2, 0) is 27.2 Å². The van der Waals surface area contributed by atoms with E-state index in [0.717, 1.165) is 52.9 Å². The zero-order valence-corrected chi connectivity index (χ0v) is 18.1. The van der Waals surface area contributed by atoms with Crippen LogP contribution in [-0.4, -0.2) is 73.4 Å². The van der Waals surface area contributed by atoms with Crippen LogP contribution in [0.15, 0.2) is 30.5 Å². The minimum absolute atomic E-state index is 0.278. The van der Waals surface area contributed by atoms with Gasteiger partial charge in [-0.25, -0.2) is 9.97 Å². The molecule has 1 N–H and O–H groups in total. The average molecular weight is 428 g/mol. The molecule has 1 aliphatic rings. The third-order valence-electron chi connectivity index (χ3n) is 5.37. The minimum atomic E-state index is -0.948. The van der Waals surface area contributed by atoms with Crippen LogP contribution in [0.2, 0.25) is 0 Å². The molecule has 0 radical (unpaired) electrons. The molecule has 3 aromatic rings. The van der Waals surface area contributed by atoms with E-state index in [2.05, 4.69) is 4.90 Å². The molecule has 1 atom stereocenters. The van der Waals surface area contributed by atoms with Gasteiger partial charge in [-0.2, -0.15) is 0 Å². The van der Waals surface area contributed by atoms with Crippen molar-refractivity contribution in [2.45, 2.75) is 19.3 Å². The summed E-state index contributed by atoms with van der Waals surface area (Å²) in [4.78, 5) is 12.0. The van der Waals surface area contributed by atoms with Crippen molar-refractivity contribution in [3.05, 3.63) is 41.9 Å². The van der Waals surface area contributed by atoms with Crippen LogP contribution in [0.25, 0.3) is 16.9 Å². The van der Waals surface area contributed by atoms with E-state index < -0.39 is 6.29 Å². The molecule has 0 bridgehead atoms. The number of fused-ring (bicyclic) bond motifs is 1. The fourth-order valence-electron chi connectivity index (χ4n) is 3.75. The zero-order chi connectivity index (χ0) is 21.8. The van der Waals surface area contributed by atoms with Gasteiger partial charge in [-0.05, 0) is 12.1 Å². The molecule has 1 fully saturated rings. The highest BCUT2D eigenvalue weighted by molar-refractivity contribution is 5.72. The van der Waals surface area contributed by atoms with Crippen molar-refractivity contribution in [1.82, 2.24) is 14.4 Å². The van der Waals surface area contributed by atoms with Gasteiger partial charge < -0.3 is 29.0 Å². The minimum Gasteiger partial charge on any atom is -0.497 e. The van der Waals surface area contributed by atoms with Crippen LogP contribution in [0.3, 0.4) is 0 Å². The number of ether oxygens (including phenoxy) is 4. The summed E-state index contributed by atoms with van der Waals surface area (Å²) in [5, 5.41) is 10.2. The Balaban J connectivity index is 1.92. The Kier molecular flexibility index (Phi) is 6.67. The van der Waals surface area contributed by atoms with E-state index in [4.69, 9.17) is 28.9 Å². The number of morpholine rings is 1. The summed E-state index contributed by atoms with van der Waals surface area (Å²) in [6.45, 7) is 3.06. The smallest absolute Gasteiger partial charge is 0.180 e. The molecule has 0 aliphatic carbocycles. The Morgan fingerprint density at radius 1 is 1.16 bits per heavy atom. The number of hydrogen-bond donors (Lipinski definition) is 1. The molecule has 9 heteroatoms. The van der Waals surface area contributed by atoms with Crippen molar-refractivity contribution in [3.8, 4) is 17.0 Å². The fraction of sp³-hybridized carbons (Fsp3) is 0.455. The maximum Gasteiger partial charge on any atom is 0.180 e. The van der Waals surface area contributed by atoms with Gasteiger partial charge in [0.1, 0.15) is 5.75 Å². The number of aromatic nitrogens is 3. The molecule has 9 nitrogen and oxygen atoms in total. The molecule has 1 saturated heterocycles. The van der Waals surface area contributed by atoms with Crippen molar-refractivity contribution >= 4 is 11.5 Å². The maximum absolute atomic E-state index is 10.2. The van der Waals surface area contributed by atoms with Crippen LogP contribution in [0.1, 0.15) is 11.4 Å². The summed E-state index contributed by atoms with van der Waals surface area (Å²) in [6.07, 6.45) is 1.27. The number of benzene rings is 1. The summed E-state index contributed by atoms with van der Waals surface area (Å²) in [5.41, 5.74) is 4.00. The molecule has 1 aliphatic heterocycles. The highest BCUT2D eigenvalue weighted by atomic mass is 16.6. The number of aliphatic hydroxyl groups is 1. The van der Waals surface area contributed by atoms with E-state index in [9.17, 15) is 5.11 Å². The lowest BCUT2D eigenvalue weighted by Crippen LogP contribution is -2.37. The summed E-state index contributed by atoms with van der Waals surface area (Å²) >= 11 is 0. The zero-order valence-electron chi connectivity index (χ0n) is 18.1. The Bertz CT molecular complexity index is 1030. The Morgan fingerprint density at radius 3 is 2.68 bits per heavy atom. The van der Waals surface area contributed by atoms with E-state index in [1.54, 1.807) is 14.2 Å². The topological polar surface area (TPSA) is 90.6 Å². The van der Waals surface area contributed by atoms with E-state index >= 15 is 0 Å². The molecule has 0 saturated carbocycles. The molecular formula is C22H28N4O5. The molecule has 2 aromatic heterocycles. The van der Waals surface area contributed by atoms with Crippen LogP contribution in [0.5, 0.6) is 5.75 Å². The van der Waals surface area contributed by atoms with Gasteiger partial charge in [-0.1, -0.05) is 12.1 Å². The molecule has 166 valence electrons. The van der Waals surface area contributed by atoms with Crippen molar-refractivity contribution < 1.29 is 24.1 Å².